The van der Waals surface area contributed by atoms with Crippen molar-refractivity contribution in [2.75, 3.05) is 33.9 Å². The average Bonchev–Trinajstić information content (AvgIpc) is 1.98. The lowest BCUT2D eigenvalue weighted by molar-refractivity contribution is 0.0153. The maximum absolute atomic E-state index is 8.41. The number of ether oxygens (including phenoxy) is 1. The number of likely N-dealkylation sites (N-methyl/N-ethyl adjacent to an activating group) is 2. The third-order valence-corrected chi connectivity index (χ3v) is 1.12. The fourth-order valence-electron chi connectivity index (χ4n) is 0.625. The van der Waals surface area contributed by atoms with Gasteiger partial charge in [0.2, 0.25) is 0 Å². The van der Waals surface area contributed by atoms with Gasteiger partial charge in [-0.15, -0.1) is 0 Å². The predicted molar refractivity (Wildman–Crippen MR) is 39.8 cm³/mol. The van der Waals surface area contributed by atoms with Crippen LogP contribution in [0.4, 0.5) is 0 Å². The van der Waals surface area contributed by atoms with E-state index in [1.807, 2.05) is 14.1 Å². The number of nitrogens with one attached hydrogen (secondary N) is 2. The van der Waals surface area contributed by atoms with E-state index >= 15 is 0 Å². The molecule has 0 rings (SSSR count). The van der Waals surface area contributed by atoms with E-state index in [0.29, 0.717) is 6.61 Å². The SMILES string of the molecule is CNCC(NC)OCCO. The molecule has 0 amide bonds. The van der Waals surface area contributed by atoms with Gasteiger partial charge in [-0.25, -0.2) is 0 Å². The van der Waals surface area contributed by atoms with Crippen LogP contribution in [0.1, 0.15) is 0 Å². The number of hydrogen-bond donors (Lipinski definition) is 3. The van der Waals surface area contributed by atoms with E-state index < -0.39 is 0 Å². The van der Waals surface area contributed by atoms with Crippen molar-refractivity contribution in [3.63, 3.8) is 0 Å². The van der Waals surface area contributed by atoms with Crippen molar-refractivity contribution >= 4 is 0 Å². The Morgan fingerprint density at radius 3 is 2.60 bits per heavy atom. The van der Waals surface area contributed by atoms with E-state index in [1.165, 1.54) is 0 Å². The Balaban J connectivity index is 3.21. The summed E-state index contributed by atoms with van der Waals surface area (Å²) in [7, 11) is 3.67. The zero-order chi connectivity index (χ0) is 7.82. The van der Waals surface area contributed by atoms with Crippen LogP contribution in [-0.4, -0.2) is 45.2 Å². The molecule has 0 aromatic heterocycles. The van der Waals surface area contributed by atoms with Crippen molar-refractivity contribution in [1.29, 1.82) is 0 Å². The summed E-state index contributed by atoms with van der Waals surface area (Å²) < 4.78 is 5.16. The second-order valence-corrected chi connectivity index (χ2v) is 1.93. The lowest BCUT2D eigenvalue weighted by atomic mass is 10.5. The highest BCUT2D eigenvalue weighted by Crippen LogP contribution is 1.82. The molecular weight excluding hydrogens is 132 g/mol. The molecule has 0 saturated carbocycles. The van der Waals surface area contributed by atoms with Crippen molar-refractivity contribution in [2.45, 2.75) is 6.23 Å². The van der Waals surface area contributed by atoms with E-state index in [-0.39, 0.29) is 12.8 Å². The van der Waals surface area contributed by atoms with Crippen LogP contribution in [0.3, 0.4) is 0 Å². The quantitative estimate of drug-likeness (QED) is 0.412. The van der Waals surface area contributed by atoms with E-state index in [4.69, 9.17) is 9.84 Å². The Hall–Kier alpha value is -0.160. The second-order valence-electron chi connectivity index (χ2n) is 1.93. The van der Waals surface area contributed by atoms with Crippen molar-refractivity contribution in [3.05, 3.63) is 0 Å². The molecule has 0 bridgehead atoms. The minimum atomic E-state index is -0.00264. The van der Waals surface area contributed by atoms with Gasteiger partial charge in [-0.1, -0.05) is 0 Å². The van der Waals surface area contributed by atoms with Crippen molar-refractivity contribution in [1.82, 2.24) is 10.6 Å². The molecule has 0 aliphatic heterocycles. The molecule has 0 spiro atoms. The molecule has 1 atom stereocenters. The molecule has 4 nitrogen and oxygen atoms in total. The Kier molecular flexibility index (Phi) is 6.84. The average molecular weight is 148 g/mol. The van der Waals surface area contributed by atoms with E-state index in [1.54, 1.807) is 0 Å². The Morgan fingerprint density at radius 1 is 1.50 bits per heavy atom. The van der Waals surface area contributed by atoms with Gasteiger partial charge in [-0.2, -0.15) is 0 Å². The molecule has 1 unspecified atom stereocenters. The summed E-state index contributed by atoms with van der Waals surface area (Å²) in [5, 5.41) is 14.3. The first kappa shape index (κ1) is 9.84. The molecule has 0 aromatic rings. The number of hydrogen-bond acceptors (Lipinski definition) is 4. The number of aliphatic hydroxyl groups is 1. The summed E-state index contributed by atoms with van der Waals surface area (Å²) in [6.45, 7) is 1.20. The van der Waals surface area contributed by atoms with Crippen LogP contribution in [-0.2, 0) is 4.74 Å². The first-order valence-corrected chi connectivity index (χ1v) is 3.39. The molecule has 3 N–H and O–H groups in total. The number of aliphatic hydroxyl groups excluding tert-OH is 1. The minimum Gasteiger partial charge on any atom is -0.394 e. The molecular formula is C6H16N2O2. The molecule has 0 aliphatic rings. The standard InChI is InChI=1S/C6H16N2O2/c1-7-5-6(8-2)10-4-3-9/h6-9H,3-5H2,1-2H3. The lowest BCUT2D eigenvalue weighted by Gasteiger charge is -2.15. The first-order valence-electron chi connectivity index (χ1n) is 3.39. The van der Waals surface area contributed by atoms with Crippen LogP contribution in [0.25, 0.3) is 0 Å². The summed E-state index contributed by atoms with van der Waals surface area (Å²) >= 11 is 0. The van der Waals surface area contributed by atoms with Crippen LogP contribution in [0.2, 0.25) is 0 Å². The normalized spacial score (nSPS) is 13.5. The van der Waals surface area contributed by atoms with E-state index in [0.717, 1.165) is 6.54 Å². The largest absolute Gasteiger partial charge is 0.394 e. The Morgan fingerprint density at radius 2 is 2.20 bits per heavy atom. The number of rotatable bonds is 6. The van der Waals surface area contributed by atoms with Gasteiger partial charge in [-0.3, -0.25) is 5.32 Å². The van der Waals surface area contributed by atoms with Crippen LogP contribution in [0, 0.1) is 0 Å². The Bertz CT molecular complexity index is 70.8. The zero-order valence-corrected chi connectivity index (χ0v) is 6.55. The molecule has 0 fully saturated rings. The van der Waals surface area contributed by atoms with Crippen LogP contribution in [0.5, 0.6) is 0 Å². The summed E-state index contributed by atoms with van der Waals surface area (Å²) in [5.74, 6) is 0. The van der Waals surface area contributed by atoms with Crippen LogP contribution in [0.15, 0.2) is 0 Å². The maximum atomic E-state index is 8.41. The topological polar surface area (TPSA) is 53.5 Å². The summed E-state index contributed by atoms with van der Waals surface area (Å²) in [4.78, 5) is 0. The van der Waals surface area contributed by atoms with Gasteiger partial charge in [0.15, 0.2) is 0 Å². The Labute approximate surface area is 61.6 Å². The van der Waals surface area contributed by atoms with E-state index in [2.05, 4.69) is 10.6 Å². The molecule has 0 saturated heterocycles. The van der Waals surface area contributed by atoms with Gasteiger partial charge in [0.1, 0.15) is 6.23 Å². The van der Waals surface area contributed by atoms with Gasteiger partial charge >= 0.3 is 0 Å². The second kappa shape index (κ2) is 6.95. The zero-order valence-electron chi connectivity index (χ0n) is 6.55. The van der Waals surface area contributed by atoms with Gasteiger partial charge in [-0.05, 0) is 14.1 Å². The van der Waals surface area contributed by atoms with Crippen LogP contribution >= 0.6 is 0 Å². The fourth-order valence-corrected chi connectivity index (χ4v) is 0.625. The molecule has 4 heteroatoms. The summed E-state index contributed by atoms with van der Waals surface area (Å²) in [6.07, 6.45) is -0.00264. The van der Waals surface area contributed by atoms with Gasteiger partial charge in [0.05, 0.1) is 13.2 Å². The molecule has 10 heavy (non-hydrogen) atoms. The summed E-state index contributed by atoms with van der Waals surface area (Å²) in [6, 6.07) is 0. The first-order chi connectivity index (χ1) is 4.85. The molecule has 0 radical (unpaired) electrons. The van der Waals surface area contributed by atoms with Crippen LogP contribution < -0.4 is 10.6 Å². The summed E-state index contributed by atoms with van der Waals surface area (Å²) in [5.41, 5.74) is 0. The van der Waals surface area contributed by atoms with Gasteiger partial charge < -0.3 is 15.2 Å². The van der Waals surface area contributed by atoms with Gasteiger partial charge in [0.25, 0.3) is 0 Å². The molecule has 0 aromatic carbocycles. The van der Waals surface area contributed by atoms with E-state index in [9.17, 15) is 0 Å². The third-order valence-electron chi connectivity index (χ3n) is 1.12. The predicted octanol–water partition coefficient (Wildman–Crippen LogP) is -1.24. The smallest absolute Gasteiger partial charge is 0.120 e. The highest BCUT2D eigenvalue weighted by atomic mass is 16.5. The van der Waals surface area contributed by atoms with Crippen molar-refractivity contribution in [3.8, 4) is 0 Å². The lowest BCUT2D eigenvalue weighted by Crippen LogP contribution is -2.37. The van der Waals surface area contributed by atoms with Crippen molar-refractivity contribution < 1.29 is 9.84 Å². The molecule has 0 heterocycles. The highest BCUT2D eigenvalue weighted by molar-refractivity contribution is 4.52. The third kappa shape index (κ3) is 4.69. The van der Waals surface area contributed by atoms with Crippen molar-refractivity contribution in [2.24, 2.45) is 0 Å². The molecule has 62 valence electrons. The monoisotopic (exact) mass is 148 g/mol. The highest BCUT2D eigenvalue weighted by Gasteiger charge is 2.01. The van der Waals surface area contributed by atoms with Gasteiger partial charge in [0, 0.05) is 6.54 Å². The minimum absolute atomic E-state index is 0.00264. The molecule has 0 aliphatic carbocycles. The maximum Gasteiger partial charge on any atom is 0.120 e. The fraction of sp³-hybridized carbons (Fsp3) is 1.00.